The van der Waals surface area contributed by atoms with Crippen molar-refractivity contribution in [3.8, 4) is 0 Å². The molecule has 0 aliphatic heterocycles. The molecule has 0 saturated heterocycles. The Morgan fingerprint density at radius 1 is 1.25 bits per heavy atom. The molecule has 0 fully saturated rings. The van der Waals surface area contributed by atoms with Crippen molar-refractivity contribution in [2.24, 2.45) is 5.14 Å². The van der Waals surface area contributed by atoms with E-state index in [-0.39, 0.29) is 17.5 Å². The molecule has 1 aromatic carbocycles. The van der Waals surface area contributed by atoms with Crippen LogP contribution < -0.4 is 15.2 Å². The molecule has 1 aromatic rings. The van der Waals surface area contributed by atoms with Gasteiger partial charge in [0.15, 0.2) is 0 Å². The Balaban J connectivity index is 2.87. The van der Waals surface area contributed by atoms with Crippen molar-refractivity contribution in [3.05, 3.63) is 29.8 Å². The fraction of sp³-hybridized carbons (Fsp3) is 0.455. The third kappa shape index (κ3) is 5.17. The highest BCUT2D eigenvalue weighted by molar-refractivity contribution is 7.90. The van der Waals surface area contributed by atoms with Crippen molar-refractivity contribution in [3.63, 3.8) is 0 Å². The van der Waals surface area contributed by atoms with E-state index < -0.39 is 25.8 Å². The molecule has 0 radical (unpaired) electrons. The quantitative estimate of drug-likeness (QED) is 0.627. The maximum absolute atomic E-state index is 12.0. The molecule has 7 nitrogen and oxygen atoms in total. The second-order valence-corrected chi connectivity index (χ2v) is 7.85. The number of hydrogen-bond donors (Lipinski definition) is 3. The van der Waals surface area contributed by atoms with E-state index in [1.165, 1.54) is 6.07 Å². The Kier molecular flexibility index (Phi) is 5.66. The van der Waals surface area contributed by atoms with Gasteiger partial charge in [-0.2, -0.15) is 0 Å². The molecule has 0 saturated carbocycles. The van der Waals surface area contributed by atoms with Crippen molar-refractivity contribution < 1.29 is 16.8 Å². The minimum Gasteiger partial charge on any atom is -0.313 e. The zero-order valence-electron chi connectivity index (χ0n) is 11.3. The van der Waals surface area contributed by atoms with Gasteiger partial charge in [-0.3, -0.25) is 0 Å². The Labute approximate surface area is 119 Å². The number of hydrogen-bond acceptors (Lipinski definition) is 5. The molecule has 0 aromatic heterocycles. The Hall–Kier alpha value is -1.00. The zero-order chi connectivity index (χ0) is 15.4. The van der Waals surface area contributed by atoms with Gasteiger partial charge in [-0.15, -0.1) is 0 Å². The van der Waals surface area contributed by atoms with Crippen molar-refractivity contribution in [1.29, 1.82) is 0 Å². The summed E-state index contributed by atoms with van der Waals surface area (Å²) in [6.45, 7) is 1.65. The summed E-state index contributed by atoms with van der Waals surface area (Å²) < 4.78 is 47.8. The number of benzene rings is 1. The van der Waals surface area contributed by atoms with Gasteiger partial charge in [0.25, 0.3) is 0 Å². The maximum atomic E-state index is 12.0. The third-order valence-electron chi connectivity index (χ3n) is 2.78. The highest BCUT2D eigenvalue weighted by Crippen LogP contribution is 2.16. The minimum absolute atomic E-state index is 0.00886. The molecule has 4 N–H and O–H groups in total. The van der Waals surface area contributed by atoms with Crippen LogP contribution in [-0.2, 0) is 20.0 Å². The monoisotopic (exact) mass is 321 g/mol. The average Bonchev–Trinajstić information content (AvgIpc) is 2.36. The first-order chi connectivity index (χ1) is 9.15. The highest BCUT2D eigenvalue weighted by Gasteiger charge is 2.16. The molecule has 0 aliphatic carbocycles. The van der Waals surface area contributed by atoms with Gasteiger partial charge >= 0.3 is 0 Å². The summed E-state index contributed by atoms with van der Waals surface area (Å²) in [5.41, 5.74) is 0.821. The SMILES string of the molecule is CNC(C)c1cccc(S(=O)(=O)NCCS(N)(=O)=O)c1. The van der Waals surface area contributed by atoms with Crippen LogP contribution in [0.25, 0.3) is 0 Å². The number of nitrogens with two attached hydrogens (primary N) is 1. The fourth-order valence-electron chi connectivity index (χ4n) is 1.52. The second-order valence-electron chi connectivity index (χ2n) is 4.35. The van der Waals surface area contributed by atoms with E-state index in [1.807, 2.05) is 13.0 Å². The first-order valence-electron chi connectivity index (χ1n) is 5.93. The number of nitrogens with one attached hydrogen (secondary N) is 2. The lowest BCUT2D eigenvalue weighted by Crippen LogP contribution is -2.31. The van der Waals surface area contributed by atoms with Crippen LogP contribution in [-0.4, -0.2) is 36.2 Å². The van der Waals surface area contributed by atoms with Crippen molar-refractivity contribution in [2.45, 2.75) is 17.9 Å². The molecule has 1 atom stereocenters. The Bertz CT molecular complexity index is 656. The van der Waals surface area contributed by atoms with Crippen LogP contribution in [0, 0.1) is 0 Å². The first kappa shape index (κ1) is 17.1. The van der Waals surface area contributed by atoms with Crippen LogP contribution >= 0.6 is 0 Å². The van der Waals surface area contributed by atoms with Crippen LogP contribution in [0.4, 0.5) is 0 Å². The summed E-state index contributed by atoms with van der Waals surface area (Å²) in [7, 11) is -5.66. The molecule has 0 aliphatic rings. The molecule has 0 amide bonds. The van der Waals surface area contributed by atoms with E-state index in [0.717, 1.165) is 5.56 Å². The fourth-order valence-corrected chi connectivity index (χ4v) is 3.12. The average molecular weight is 321 g/mol. The van der Waals surface area contributed by atoms with Crippen LogP contribution in [0.15, 0.2) is 29.2 Å². The maximum Gasteiger partial charge on any atom is 0.240 e. The normalized spacial score (nSPS) is 14.2. The number of rotatable bonds is 7. The molecule has 114 valence electrons. The lowest BCUT2D eigenvalue weighted by Gasteiger charge is -2.12. The molecule has 1 rings (SSSR count). The summed E-state index contributed by atoms with van der Waals surface area (Å²) in [6.07, 6.45) is 0. The van der Waals surface area contributed by atoms with Crippen LogP contribution in [0.5, 0.6) is 0 Å². The van der Waals surface area contributed by atoms with Crippen molar-refractivity contribution >= 4 is 20.0 Å². The predicted octanol–water partition coefficient (Wildman–Crippen LogP) is -0.466. The van der Waals surface area contributed by atoms with Crippen molar-refractivity contribution in [1.82, 2.24) is 10.0 Å². The van der Waals surface area contributed by atoms with Gasteiger partial charge in [0.05, 0.1) is 10.6 Å². The largest absolute Gasteiger partial charge is 0.313 e. The summed E-state index contributed by atoms with van der Waals surface area (Å²) in [4.78, 5) is 0.0894. The molecule has 0 heterocycles. The van der Waals surface area contributed by atoms with Crippen LogP contribution in [0.1, 0.15) is 18.5 Å². The van der Waals surface area contributed by atoms with Crippen LogP contribution in [0.2, 0.25) is 0 Å². The highest BCUT2D eigenvalue weighted by atomic mass is 32.2. The first-order valence-corrected chi connectivity index (χ1v) is 9.13. The summed E-state index contributed by atoms with van der Waals surface area (Å²) in [5.74, 6) is -0.446. The number of primary sulfonamides is 1. The van der Waals surface area contributed by atoms with Gasteiger partial charge in [0.1, 0.15) is 0 Å². The molecule has 0 bridgehead atoms. The van der Waals surface area contributed by atoms with Gasteiger partial charge in [0, 0.05) is 12.6 Å². The van der Waals surface area contributed by atoms with Gasteiger partial charge in [-0.1, -0.05) is 12.1 Å². The van der Waals surface area contributed by atoms with E-state index in [2.05, 4.69) is 10.0 Å². The van der Waals surface area contributed by atoms with Gasteiger partial charge in [-0.25, -0.2) is 26.7 Å². The molecular weight excluding hydrogens is 302 g/mol. The van der Waals surface area contributed by atoms with E-state index in [9.17, 15) is 16.8 Å². The minimum atomic E-state index is -3.74. The Morgan fingerprint density at radius 3 is 2.45 bits per heavy atom. The van der Waals surface area contributed by atoms with E-state index >= 15 is 0 Å². The molecule has 0 spiro atoms. The standard InChI is InChI=1S/C11H19N3O4S2/c1-9(13-2)10-4-3-5-11(8-10)20(17,18)14-6-7-19(12,15)16/h3-5,8-9,13-14H,6-7H2,1-2H3,(H2,12,15,16). The van der Waals surface area contributed by atoms with E-state index in [0.29, 0.717) is 0 Å². The second kappa shape index (κ2) is 6.64. The number of sulfonamides is 2. The Morgan fingerprint density at radius 2 is 1.90 bits per heavy atom. The predicted molar refractivity (Wildman–Crippen MR) is 77.1 cm³/mol. The molecular formula is C11H19N3O4S2. The molecule has 9 heteroatoms. The van der Waals surface area contributed by atoms with E-state index in [4.69, 9.17) is 5.14 Å². The van der Waals surface area contributed by atoms with Gasteiger partial charge in [0.2, 0.25) is 20.0 Å². The topological polar surface area (TPSA) is 118 Å². The summed E-state index contributed by atoms with van der Waals surface area (Å²) in [6, 6.07) is 6.45. The smallest absolute Gasteiger partial charge is 0.240 e. The van der Waals surface area contributed by atoms with Crippen molar-refractivity contribution in [2.75, 3.05) is 19.3 Å². The van der Waals surface area contributed by atoms with Crippen LogP contribution in [0.3, 0.4) is 0 Å². The lowest BCUT2D eigenvalue weighted by atomic mass is 10.1. The summed E-state index contributed by atoms with van der Waals surface area (Å²) >= 11 is 0. The summed E-state index contributed by atoms with van der Waals surface area (Å²) in [5, 5.41) is 7.83. The molecule has 1 unspecified atom stereocenters. The molecule has 20 heavy (non-hydrogen) atoms. The third-order valence-corrected chi connectivity index (χ3v) is 5.01. The lowest BCUT2D eigenvalue weighted by molar-refractivity contribution is 0.580. The van der Waals surface area contributed by atoms with Gasteiger partial charge in [-0.05, 0) is 31.7 Å². The zero-order valence-corrected chi connectivity index (χ0v) is 13.0. The van der Waals surface area contributed by atoms with Gasteiger partial charge < -0.3 is 5.32 Å². The van der Waals surface area contributed by atoms with E-state index in [1.54, 1.807) is 19.2 Å².